The van der Waals surface area contributed by atoms with Gasteiger partial charge in [-0.05, 0) is 37.9 Å². The van der Waals surface area contributed by atoms with Gasteiger partial charge in [-0.15, -0.1) is 0 Å². The molecular formula is C20H31N3O4. The molecule has 0 aliphatic heterocycles. The third-order valence-corrected chi connectivity index (χ3v) is 4.56. The molecule has 1 aromatic rings. The number of hydrogen-bond acceptors (Lipinski definition) is 5. The van der Waals surface area contributed by atoms with E-state index in [0.717, 1.165) is 23.2 Å². The molecule has 1 rings (SSSR count). The standard InChI is InChI=1S/C20H31N3O4/c1-7-13(2)19(20(26)27-6)22-17(25)12-23(5)11-16(24)21-18-14(3)9-8-10-15(18)4/h8-10,13,19H,7,11-12H2,1-6H3,(H,21,24)(H,22,25)/t13-,19-/m1/s1. The van der Waals surface area contributed by atoms with Gasteiger partial charge in [-0.2, -0.15) is 0 Å². The molecule has 2 atom stereocenters. The number of likely N-dealkylation sites (N-methyl/N-ethyl adjacent to an activating group) is 1. The second-order valence-electron chi connectivity index (χ2n) is 6.94. The lowest BCUT2D eigenvalue weighted by molar-refractivity contribution is -0.146. The van der Waals surface area contributed by atoms with Gasteiger partial charge in [0.05, 0.1) is 20.2 Å². The lowest BCUT2D eigenvalue weighted by atomic mass is 9.99. The van der Waals surface area contributed by atoms with Crippen molar-refractivity contribution in [3.05, 3.63) is 29.3 Å². The monoisotopic (exact) mass is 377 g/mol. The molecule has 0 saturated heterocycles. The molecule has 0 saturated carbocycles. The summed E-state index contributed by atoms with van der Waals surface area (Å²) in [5, 5.41) is 5.60. The summed E-state index contributed by atoms with van der Waals surface area (Å²) in [5.74, 6) is -1.03. The van der Waals surface area contributed by atoms with E-state index in [9.17, 15) is 14.4 Å². The van der Waals surface area contributed by atoms with Crippen LogP contribution in [0, 0.1) is 19.8 Å². The average Bonchev–Trinajstić information content (AvgIpc) is 2.61. The summed E-state index contributed by atoms with van der Waals surface area (Å²) in [4.78, 5) is 38.0. The van der Waals surface area contributed by atoms with E-state index in [0.29, 0.717) is 0 Å². The molecule has 0 heterocycles. The molecule has 0 aliphatic carbocycles. The van der Waals surface area contributed by atoms with Crippen molar-refractivity contribution in [1.82, 2.24) is 10.2 Å². The summed E-state index contributed by atoms with van der Waals surface area (Å²) in [6, 6.07) is 5.11. The van der Waals surface area contributed by atoms with Crippen molar-refractivity contribution < 1.29 is 19.1 Å². The number of carbonyl (C=O) groups excluding carboxylic acids is 3. The fourth-order valence-electron chi connectivity index (χ4n) is 2.75. The van der Waals surface area contributed by atoms with Gasteiger partial charge in [0.1, 0.15) is 6.04 Å². The third kappa shape index (κ3) is 7.02. The molecule has 27 heavy (non-hydrogen) atoms. The van der Waals surface area contributed by atoms with E-state index in [1.54, 1.807) is 11.9 Å². The Morgan fingerprint density at radius 2 is 1.67 bits per heavy atom. The predicted molar refractivity (Wildman–Crippen MR) is 105 cm³/mol. The topological polar surface area (TPSA) is 87.7 Å². The van der Waals surface area contributed by atoms with Gasteiger partial charge in [-0.1, -0.05) is 38.5 Å². The maximum Gasteiger partial charge on any atom is 0.328 e. The van der Waals surface area contributed by atoms with Crippen molar-refractivity contribution >= 4 is 23.5 Å². The zero-order valence-corrected chi connectivity index (χ0v) is 17.1. The number of esters is 1. The number of aryl methyl sites for hydroxylation is 2. The molecule has 7 nitrogen and oxygen atoms in total. The van der Waals surface area contributed by atoms with Gasteiger partial charge >= 0.3 is 5.97 Å². The molecule has 2 N–H and O–H groups in total. The molecule has 0 bridgehead atoms. The molecule has 7 heteroatoms. The molecule has 0 aromatic heterocycles. The van der Waals surface area contributed by atoms with Crippen molar-refractivity contribution in [2.24, 2.45) is 5.92 Å². The Labute approximate surface area is 161 Å². The number of amides is 2. The predicted octanol–water partition coefficient (Wildman–Crippen LogP) is 1.88. The normalized spacial score (nSPS) is 13.0. The number of hydrogen-bond donors (Lipinski definition) is 2. The molecule has 0 spiro atoms. The zero-order valence-electron chi connectivity index (χ0n) is 17.1. The molecule has 150 valence electrons. The van der Waals surface area contributed by atoms with Crippen LogP contribution < -0.4 is 10.6 Å². The number of rotatable bonds is 9. The molecule has 1 aromatic carbocycles. The van der Waals surface area contributed by atoms with Crippen LogP contribution >= 0.6 is 0 Å². The van der Waals surface area contributed by atoms with Crippen LogP contribution in [0.4, 0.5) is 5.69 Å². The highest BCUT2D eigenvalue weighted by molar-refractivity contribution is 5.94. The van der Waals surface area contributed by atoms with E-state index in [4.69, 9.17) is 4.74 Å². The van der Waals surface area contributed by atoms with Crippen LogP contribution in [0.5, 0.6) is 0 Å². The van der Waals surface area contributed by atoms with Gasteiger partial charge in [-0.25, -0.2) is 4.79 Å². The highest BCUT2D eigenvalue weighted by Gasteiger charge is 2.27. The van der Waals surface area contributed by atoms with E-state index < -0.39 is 12.0 Å². The molecule has 2 amide bonds. The van der Waals surface area contributed by atoms with Gasteiger partial charge in [0, 0.05) is 5.69 Å². The molecular weight excluding hydrogens is 346 g/mol. The summed E-state index contributed by atoms with van der Waals surface area (Å²) in [7, 11) is 2.98. The summed E-state index contributed by atoms with van der Waals surface area (Å²) in [6.45, 7) is 7.75. The van der Waals surface area contributed by atoms with Gasteiger partial charge in [0.15, 0.2) is 0 Å². The van der Waals surface area contributed by atoms with E-state index in [1.165, 1.54) is 7.11 Å². The Kier molecular flexibility index (Phi) is 8.94. The molecule has 0 aliphatic rings. The second kappa shape index (κ2) is 10.7. The summed E-state index contributed by atoms with van der Waals surface area (Å²) in [5.41, 5.74) is 2.76. The van der Waals surface area contributed by atoms with E-state index in [1.807, 2.05) is 45.9 Å². The lowest BCUT2D eigenvalue weighted by Gasteiger charge is -2.23. The highest BCUT2D eigenvalue weighted by atomic mass is 16.5. The first-order valence-corrected chi connectivity index (χ1v) is 9.11. The number of ether oxygens (including phenoxy) is 1. The molecule has 0 unspecified atom stereocenters. The minimum atomic E-state index is -0.690. The summed E-state index contributed by atoms with van der Waals surface area (Å²) in [6.07, 6.45) is 0.730. The number of methoxy groups -OCH3 is 1. The minimum absolute atomic E-state index is 0.00407. The van der Waals surface area contributed by atoms with Crippen LogP contribution in [0.1, 0.15) is 31.4 Å². The number of carbonyl (C=O) groups is 3. The van der Waals surface area contributed by atoms with E-state index in [-0.39, 0.29) is 30.8 Å². The van der Waals surface area contributed by atoms with Crippen molar-refractivity contribution in [3.63, 3.8) is 0 Å². The van der Waals surface area contributed by atoms with Gasteiger partial charge in [0.2, 0.25) is 11.8 Å². The van der Waals surface area contributed by atoms with E-state index >= 15 is 0 Å². The average molecular weight is 377 g/mol. The van der Waals surface area contributed by atoms with Crippen LogP contribution in [0.25, 0.3) is 0 Å². The quantitative estimate of drug-likeness (QED) is 0.642. The zero-order chi connectivity index (χ0) is 20.6. The van der Waals surface area contributed by atoms with Crippen LogP contribution in [-0.2, 0) is 19.1 Å². The molecule has 0 radical (unpaired) electrons. The minimum Gasteiger partial charge on any atom is -0.467 e. The van der Waals surface area contributed by atoms with Crippen LogP contribution in [0.15, 0.2) is 18.2 Å². The van der Waals surface area contributed by atoms with Gasteiger partial charge < -0.3 is 15.4 Å². The number of para-hydroxylation sites is 1. The maximum absolute atomic E-state index is 12.3. The van der Waals surface area contributed by atoms with Crippen molar-refractivity contribution in [2.45, 2.75) is 40.2 Å². The first kappa shape index (κ1) is 22.6. The van der Waals surface area contributed by atoms with Crippen LogP contribution in [0.3, 0.4) is 0 Å². The summed E-state index contributed by atoms with van der Waals surface area (Å²) < 4.78 is 4.76. The summed E-state index contributed by atoms with van der Waals surface area (Å²) >= 11 is 0. The maximum atomic E-state index is 12.3. The highest BCUT2D eigenvalue weighted by Crippen LogP contribution is 2.19. The second-order valence-corrected chi connectivity index (χ2v) is 6.94. The Bertz CT molecular complexity index is 655. The van der Waals surface area contributed by atoms with Crippen molar-refractivity contribution in [3.8, 4) is 0 Å². The smallest absolute Gasteiger partial charge is 0.328 e. The van der Waals surface area contributed by atoms with E-state index in [2.05, 4.69) is 10.6 Å². The lowest BCUT2D eigenvalue weighted by Crippen LogP contribution is -2.49. The first-order chi connectivity index (χ1) is 12.7. The Hall–Kier alpha value is -2.41. The van der Waals surface area contributed by atoms with Crippen LogP contribution in [-0.4, -0.2) is 56.0 Å². The number of nitrogens with zero attached hydrogens (tertiary/aromatic N) is 1. The SMILES string of the molecule is CC[C@@H](C)[C@@H](NC(=O)CN(C)CC(=O)Nc1c(C)cccc1C)C(=O)OC. The van der Waals surface area contributed by atoms with Gasteiger partial charge in [-0.3, -0.25) is 14.5 Å². The van der Waals surface area contributed by atoms with Crippen molar-refractivity contribution in [1.29, 1.82) is 0 Å². The Morgan fingerprint density at radius 3 is 2.19 bits per heavy atom. The number of benzene rings is 1. The molecule has 0 fully saturated rings. The third-order valence-electron chi connectivity index (χ3n) is 4.56. The Balaban J connectivity index is 2.59. The van der Waals surface area contributed by atoms with Crippen molar-refractivity contribution in [2.75, 3.05) is 32.6 Å². The number of anilines is 1. The first-order valence-electron chi connectivity index (χ1n) is 9.11. The van der Waals surface area contributed by atoms with Gasteiger partial charge in [0.25, 0.3) is 0 Å². The fraction of sp³-hybridized carbons (Fsp3) is 0.550. The largest absolute Gasteiger partial charge is 0.467 e. The fourth-order valence-corrected chi connectivity index (χ4v) is 2.75. The Morgan fingerprint density at radius 1 is 1.11 bits per heavy atom. The van der Waals surface area contributed by atoms with Crippen LogP contribution in [0.2, 0.25) is 0 Å². The number of nitrogens with one attached hydrogen (secondary N) is 2.